The third-order valence-corrected chi connectivity index (χ3v) is 3.84. The number of aromatic nitrogens is 1. The second-order valence-corrected chi connectivity index (χ2v) is 5.37. The number of guanidine groups is 1. The summed E-state index contributed by atoms with van der Waals surface area (Å²) in [6.45, 7) is 0. The second-order valence-electron chi connectivity index (χ2n) is 5.37. The van der Waals surface area contributed by atoms with Gasteiger partial charge in [0.1, 0.15) is 29.3 Å². The number of nitrogens with zero attached hydrogens (tertiary/aromatic N) is 4. The van der Waals surface area contributed by atoms with Crippen molar-refractivity contribution < 1.29 is 8.78 Å². The lowest BCUT2D eigenvalue weighted by atomic mass is 9.94. The van der Waals surface area contributed by atoms with Crippen LogP contribution < -0.4 is 22.1 Å². The number of halogens is 2. The third kappa shape index (κ3) is 2.80. The van der Waals surface area contributed by atoms with Crippen molar-refractivity contribution in [2.45, 2.75) is 12.5 Å². The lowest BCUT2D eigenvalue weighted by Gasteiger charge is -2.26. The number of hydrogen-bond acceptors (Lipinski definition) is 8. The van der Waals surface area contributed by atoms with E-state index in [1.165, 1.54) is 18.2 Å². The molecule has 2 aromatic rings. The Morgan fingerprint density at radius 1 is 1.27 bits per heavy atom. The summed E-state index contributed by atoms with van der Waals surface area (Å²) in [7, 11) is 0. The lowest BCUT2D eigenvalue weighted by molar-refractivity contribution is 0.151. The molecular formula is C16H12F2N8. The van der Waals surface area contributed by atoms with E-state index in [1.807, 2.05) is 6.07 Å². The van der Waals surface area contributed by atoms with Crippen molar-refractivity contribution in [1.29, 1.82) is 10.5 Å². The Morgan fingerprint density at radius 2 is 2.04 bits per heavy atom. The predicted octanol–water partition coefficient (Wildman–Crippen LogP) is 2.00. The van der Waals surface area contributed by atoms with Crippen LogP contribution in [0.25, 0.3) is 0 Å². The molecule has 6 N–H and O–H groups in total. The molecular weight excluding hydrogens is 342 g/mol. The first-order valence-electron chi connectivity index (χ1n) is 7.33. The van der Waals surface area contributed by atoms with Gasteiger partial charge in [-0.2, -0.15) is 10.5 Å². The monoisotopic (exact) mass is 354 g/mol. The lowest BCUT2D eigenvalue weighted by Crippen LogP contribution is -2.32. The maximum atomic E-state index is 13.1. The fourth-order valence-corrected chi connectivity index (χ4v) is 2.69. The van der Waals surface area contributed by atoms with E-state index in [9.17, 15) is 14.0 Å². The van der Waals surface area contributed by atoms with E-state index in [1.54, 1.807) is 12.3 Å². The van der Waals surface area contributed by atoms with Crippen molar-refractivity contribution >= 4 is 23.3 Å². The highest BCUT2D eigenvalue weighted by molar-refractivity contribution is 5.98. The van der Waals surface area contributed by atoms with Crippen molar-refractivity contribution in [3.8, 4) is 12.3 Å². The summed E-state index contributed by atoms with van der Waals surface area (Å²) in [6.07, 6.45) is -0.943. The summed E-state index contributed by atoms with van der Waals surface area (Å²) in [5, 5.41) is 23.2. The average Bonchev–Trinajstić information content (AvgIpc) is 2.61. The predicted molar refractivity (Wildman–Crippen MR) is 90.8 cm³/mol. The molecule has 0 radical (unpaired) electrons. The maximum Gasteiger partial charge on any atom is 0.263 e. The molecule has 8 nitrogen and oxygen atoms in total. The quantitative estimate of drug-likeness (QED) is 0.476. The molecule has 0 bridgehead atoms. The number of nitrogens with two attached hydrogens (primary N) is 2. The number of nitrogens with one attached hydrogen (secondary N) is 2. The Balaban J connectivity index is 2.23. The summed E-state index contributed by atoms with van der Waals surface area (Å²) in [4.78, 5) is 8.40. The molecule has 1 aromatic carbocycles. The van der Waals surface area contributed by atoms with E-state index < -0.39 is 12.5 Å². The van der Waals surface area contributed by atoms with E-state index in [4.69, 9.17) is 16.7 Å². The average molecular weight is 354 g/mol. The molecule has 3 rings (SSSR count). The Kier molecular flexibility index (Phi) is 4.25. The van der Waals surface area contributed by atoms with Crippen LogP contribution in [0.15, 0.2) is 29.3 Å². The minimum Gasteiger partial charge on any atom is -0.397 e. The summed E-state index contributed by atoms with van der Waals surface area (Å²) in [6, 6.07) is 6.68. The molecule has 2 heterocycles. The largest absolute Gasteiger partial charge is 0.397 e. The minimum atomic E-state index is -2.66. The Bertz CT molecular complexity index is 987. The molecule has 0 spiro atoms. The summed E-state index contributed by atoms with van der Waals surface area (Å²) in [5.41, 5.74) is 12.4. The van der Waals surface area contributed by atoms with Gasteiger partial charge >= 0.3 is 0 Å². The highest BCUT2D eigenvalue weighted by Crippen LogP contribution is 2.40. The number of hydrogen-bond donors (Lipinski definition) is 4. The van der Waals surface area contributed by atoms with Gasteiger partial charge in [0.25, 0.3) is 6.43 Å². The SMILES string of the molecule is N#CNC1=NC(c2cccc(C(F)F)c2)c2c(nc(N)c(C#N)c2N)N1. The van der Waals surface area contributed by atoms with E-state index in [2.05, 4.69) is 20.6 Å². The first kappa shape index (κ1) is 16.9. The molecule has 1 aromatic heterocycles. The minimum absolute atomic E-state index is 0.0209. The van der Waals surface area contributed by atoms with Gasteiger partial charge in [-0.05, 0) is 11.6 Å². The highest BCUT2D eigenvalue weighted by atomic mass is 19.3. The third-order valence-electron chi connectivity index (χ3n) is 3.84. The van der Waals surface area contributed by atoms with E-state index in [0.29, 0.717) is 11.1 Å². The van der Waals surface area contributed by atoms with Crippen molar-refractivity contribution in [1.82, 2.24) is 10.3 Å². The molecule has 10 heteroatoms. The van der Waals surface area contributed by atoms with Crippen molar-refractivity contribution in [3.63, 3.8) is 0 Å². The smallest absolute Gasteiger partial charge is 0.263 e. The first-order chi connectivity index (χ1) is 12.5. The number of nitrogen functional groups attached to an aromatic ring is 2. The molecule has 1 aliphatic heterocycles. The molecule has 0 aliphatic carbocycles. The molecule has 0 amide bonds. The normalized spacial score (nSPS) is 15.3. The van der Waals surface area contributed by atoms with Crippen molar-refractivity contribution in [3.05, 3.63) is 46.5 Å². The Hall–Kier alpha value is -3.92. The number of benzene rings is 1. The van der Waals surface area contributed by atoms with Crippen LogP contribution >= 0.6 is 0 Å². The fraction of sp³-hybridized carbons (Fsp3) is 0.125. The van der Waals surface area contributed by atoms with Gasteiger partial charge in [-0.25, -0.2) is 18.8 Å². The summed E-state index contributed by atoms with van der Waals surface area (Å²) in [5.74, 6) is 0.164. The Labute approximate surface area is 146 Å². The van der Waals surface area contributed by atoms with Crippen LogP contribution in [0.2, 0.25) is 0 Å². The van der Waals surface area contributed by atoms with Gasteiger partial charge in [0.05, 0.1) is 5.69 Å². The van der Waals surface area contributed by atoms with Crippen LogP contribution in [0.4, 0.5) is 26.1 Å². The maximum absolute atomic E-state index is 13.1. The van der Waals surface area contributed by atoms with E-state index >= 15 is 0 Å². The number of aliphatic imine (C=N–C) groups is 1. The van der Waals surface area contributed by atoms with Crippen LogP contribution in [0.1, 0.15) is 34.7 Å². The number of rotatable bonds is 2. The number of fused-ring (bicyclic) bond motifs is 1. The van der Waals surface area contributed by atoms with Crippen molar-refractivity contribution in [2.75, 3.05) is 16.8 Å². The Morgan fingerprint density at radius 3 is 2.69 bits per heavy atom. The van der Waals surface area contributed by atoms with Gasteiger partial charge in [0.2, 0.25) is 5.96 Å². The van der Waals surface area contributed by atoms with Gasteiger partial charge < -0.3 is 16.8 Å². The molecule has 1 aliphatic rings. The summed E-state index contributed by atoms with van der Waals surface area (Å²) >= 11 is 0. The molecule has 1 unspecified atom stereocenters. The summed E-state index contributed by atoms with van der Waals surface area (Å²) < 4.78 is 26.1. The molecule has 0 saturated carbocycles. The molecule has 1 atom stereocenters. The molecule has 0 saturated heterocycles. The number of nitriles is 2. The fourth-order valence-electron chi connectivity index (χ4n) is 2.69. The van der Waals surface area contributed by atoms with E-state index in [0.717, 1.165) is 0 Å². The number of pyridine rings is 1. The zero-order valence-corrected chi connectivity index (χ0v) is 13.2. The first-order valence-corrected chi connectivity index (χ1v) is 7.33. The second kappa shape index (κ2) is 6.53. The van der Waals surface area contributed by atoms with E-state index in [-0.39, 0.29) is 34.4 Å². The van der Waals surface area contributed by atoms with Crippen LogP contribution in [0, 0.1) is 22.8 Å². The zero-order chi connectivity index (χ0) is 18.8. The number of anilines is 3. The van der Waals surface area contributed by atoms with Crippen LogP contribution in [-0.4, -0.2) is 10.9 Å². The number of alkyl halides is 2. The van der Waals surface area contributed by atoms with Gasteiger partial charge in [0, 0.05) is 11.1 Å². The van der Waals surface area contributed by atoms with Gasteiger partial charge in [0.15, 0.2) is 6.19 Å². The topological polar surface area (TPSA) is 149 Å². The van der Waals surface area contributed by atoms with Crippen LogP contribution in [0.5, 0.6) is 0 Å². The van der Waals surface area contributed by atoms with Gasteiger partial charge in [-0.3, -0.25) is 5.32 Å². The van der Waals surface area contributed by atoms with Gasteiger partial charge in [-0.1, -0.05) is 18.2 Å². The van der Waals surface area contributed by atoms with Crippen LogP contribution in [-0.2, 0) is 0 Å². The van der Waals surface area contributed by atoms with Gasteiger partial charge in [-0.15, -0.1) is 0 Å². The molecule has 0 fully saturated rings. The zero-order valence-electron chi connectivity index (χ0n) is 13.2. The standard InChI is InChI=1S/C16H12F2N8/c17-13(18)8-3-1-2-7(4-8)12-10-11(21)9(5-19)14(22)25-15(10)26-16(24-12)23-6-20/h1-4,12-13H,(H6,21,22,23,24,25,26). The van der Waals surface area contributed by atoms with Crippen LogP contribution in [0.3, 0.4) is 0 Å². The molecule has 26 heavy (non-hydrogen) atoms. The molecule has 130 valence electrons. The highest BCUT2D eigenvalue weighted by Gasteiger charge is 2.30. The van der Waals surface area contributed by atoms with Crippen molar-refractivity contribution in [2.24, 2.45) is 4.99 Å².